The zero-order valence-corrected chi connectivity index (χ0v) is 9.68. The van der Waals surface area contributed by atoms with Crippen molar-refractivity contribution < 1.29 is 9.90 Å². The smallest absolute Gasteiger partial charge is 0.404 e. The van der Waals surface area contributed by atoms with Crippen molar-refractivity contribution in [3.8, 4) is 0 Å². The average Bonchev–Trinajstić information content (AvgIpc) is 2.36. The largest absolute Gasteiger partial charge is 0.465 e. The highest BCUT2D eigenvalue weighted by Gasteiger charge is 2.05. The first-order valence-electron chi connectivity index (χ1n) is 5.52. The molecule has 1 heterocycles. The summed E-state index contributed by atoms with van der Waals surface area (Å²) in [5.41, 5.74) is 8.04. The Hall–Kier alpha value is -2.50. The summed E-state index contributed by atoms with van der Waals surface area (Å²) in [6, 6.07) is 7.63. The summed E-state index contributed by atoms with van der Waals surface area (Å²) in [7, 11) is 0. The Morgan fingerprint density at radius 1 is 1.33 bits per heavy atom. The maximum Gasteiger partial charge on any atom is 0.404 e. The molecule has 2 aromatic rings. The van der Waals surface area contributed by atoms with Crippen molar-refractivity contribution in [3.05, 3.63) is 30.5 Å². The third-order valence-electron chi connectivity index (χ3n) is 2.51. The topological polar surface area (TPSA) is 100 Å². The van der Waals surface area contributed by atoms with Crippen LogP contribution in [0.15, 0.2) is 30.5 Å². The normalized spacial score (nSPS) is 10.2. The molecule has 0 bridgehead atoms. The Kier molecular flexibility index (Phi) is 3.47. The number of nitrogens with two attached hydrogens (primary N) is 1. The van der Waals surface area contributed by atoms with E-state index in [0.29, 0.717) is 18.8 Å². The lowest BCUT2D eigenvalue weighted by molar-refractivity contribution is 0.195. The summed E-state index contributed by atoms with van der Waals surface area (Å²) >= 11 is 0. The quantitative estimate of drug-likeness (QED) is 0.612. The molecule has 0 spiro atoms. The van der Waals surface area contributed by atoms with Gasteiger partial charge >= 0.3 is 6.09 Å². The number of nitrogens with zero attached hydrogens (tertiary/aromatic N) is 1. The van der Waals surface area contributed by atoms with Gasteiger partial charge in [-0.3, -0.25) is 4.98 Å². The molecule has 6 heteroatoms. The third-order valence-corrected chi connectivity index (χ3v) is 2.51. The molecule has 0 atom stereocenters. The number of nitrogens with one attached hydrogen (secondary N) is 2. The predicted octanol–water partition coefficient (Wildman–Crippen LogP) is 1.50. The maximum atomic E-state index is 10.3. The van der Waals surface area contributed by atoms with Gasteiger partial charge in [0.1, 0.15) is 0 Å². The van der Waals surface area contributed by atoms with Gasteiger partial charge in [0.25, 0.3) is 0 Å². The summed E-state index contributed by atoms with van der Waals surface area (Å²) in [6.07, 6.45) is 0.555. The highest BCUT2D eigenvalue weighted by Crippen LogP contribution is 2.26. The van der Waals surface area contributed by atoms with Gasteiger partial charge in [0, 0.05) is 18.5 Å². The van der Waals surface area contributed by atoms with Gasteiger partial charge in [0.2, 0.25) is 0 Å². The standard InChI is InChI=1S/C12H14N4O2/c13-9-7-16-10-4-2-1-3-8(10)11(9)14-5-6-15-12(17)18/h1-4,7,15H,5-6,13H2,(H,14,16)(H,17,18). The van der Waals surface area contributed by atoms with E-state index in [-0.39, 0.29) is 0 Å². The summed E-state index contributed by atoms with van der Waals surface area (Å²) in [5.74, 6) is 0. The molecule has 2 rings (SSSR count). The van der Waals surface area contributed by atoms with E-state index in [2.05, 4.69) is 15.6 Å². The van der Waals surface area contributed by atoms with Crippen molar-refractivity contribution in [1.29, 1.82) is 0 Å². The number of nitrogen functional groups attached to an aromatic ring is 1. The van der Waals surface area contributed by atoms with Gasteiger partial charge in [0.15, 0.2) is 0 Å². The monoisotopic (exact) mass is 246 g/mol. The number of hydrogen-bond acceptors (Lipinski definition) is 4. The fourth-order valence-corrected chi connectivity index (χ4v) is 1.71. The van der Waals surface area contributed by atoms with Crippen LogP contribution in [0.1, 0.15) is 0 Å². The molecule has 0 aliphatic carbocycles. The Labute approximate surface area is 104 Å². The van der Waals surface area contributed by atoms with Crippen LogP contribution < -0.4 is 16.4 Å². The Morgan fingerprint density at radius 3 is 2.89 bits per heavy atom. The molecular formula is C12H14N4O2. The Morgan fingerprint density at radius 2 is 2.11 bits per heavy atom. The van der Waals surface area contributed by atoms with Crippen molar-refractivity contribution in [3.63, 3.8) is 0 Å². The van der Waals surface area contributed by atoms with E-state index in [1.165, 1.54) is 0 Å². The van der Waals surface area contributed by atoms with Crippen LogP contribution in [-0.2, 0) is 0 Å². The highest BCUT2D eigenvalue weighted by atomic mass is 16.4. The number of rotatable bonds is 4. The molecule has 5 N–H and O–H groups in total. The first kappa shape index (κ1) is 12.0. The van der Waals surface area contributed by atoms with E-state index in [1.54, 1.807) is 6.20 Å². The van der Waals surface area contributed by atoms with Crippen molar-refractivity contribution in [1.82, 2.24) is 10.3 Å². The Balaban J connectivity index is 2.16. The number of benzene rings is 1. The number of hydrogen-bond donors (Lipinski definition) is 4. The number of fused-ring (bicyclic) bond motifs is 1. The molecule has 18 heavy (non-hydrogen) atoms. The van der Waals surface area contributed by atoms with E-state index >= 15 is 0 Å². The lowest BCUT2D eigenvalue weighted by Gasteiger charge is -2.11. The first-order chi connectivity index (χ1) is 8.68. The lowest BCUT2D eigenvalue weighted by atomic mass is 10.1. The molecule has 1 amide bonds. The van der Waals surface area contributed by atoms with Gasteiger partial charge in [-0.15, -0.1) is 0 Å². The molecule has 1 aromatic heterocycles. The summed E-state index contributed by atoms with van der Waals surface area (Å²) in [6.45, 7) is 0.774. The molecule has 0 saturated carbocycles. The number of carbonyl (C=O) groups is 1. The first-order valence-corrected chi connectivity index (χ1v) is 5.52. The Bertz CT molecular complexity index is 571. The number of pyridine rings is 1. The van der Waals surface area contributed by atoms with Crippen LogP contribution in [0.25, 0.3) is 10.9 Å². The van der Waals surface area contributed by atoms with Crippen LogP contribution >= 0.6 is 0 Å². The van der Waals surface area contributed by atoms with Crippen molar-refractivity contribution >= 4 is 28.4 Å². The van der Waals surface area contributed by atoms with Crippen molar-refractivity contribution in [2.75, 3.05) is 24.1 Å². The van der Waals surface area contributed by atoms with Crippen molar-refractivity contribution in [2.45, 2.75) is 0 Å². The molecule has 0 fully saturated rings. The molecule has 6 nitrogen and oxygen atoms in total. The zero-order valence-electron chi connectivity index (χ0n) is 9.68. The molecule has 0 saturated heterocycles. The van der Waals surface area contributed by atoms with E-state index < -0.39 is 6.09 Å². The minimum atomic E-state index is -1.04. The molecule has 94 valence electrons. The molecule has 0 aliphatic rings. The van der Waals surface area contributed by atoms with Crippen LogP contribution in [0.3, 0.4) is 0 Å². The van der Waals surface area contributed by atoms with Crippen molar-refractivity contribution in [2.24, 2.45) is 0 Å². The van der Waals surface area contributed by atoms with Crippen LogP contribution in [0.2, 0.25) is 0 Å². The van der Waals surface area contributed by atoms with Gasteiger partial charge in [-0.25, -0.2) is 4.79 Å². The predicted molar refractivity (Wildman–Crippen MR) is 70.7 cm³/mol. The molecule has 0 unspecified atom stereocenters. The number of para-hydroxylation sites is 1. The lowest BCUT2D eigenvalue weighted by Crippen LogP contribution is -2.27. The SMILES string of the molecule is Nc1cnc2ccccc2c1NCCNC(=O)O. The highest BCUT2D eigenvalue weighted by molar-refractivity contribution is 5.96. The third kappa shape index (κ3) is 2.60. The van der Waals surface area contributed by atoms with E-state index in [1.807, 2.05) is 24.3 Å². The minimum absolute atomic E-state index is 0.311. The second kappa shape index (κ2) is 5.22. The zero-order chi connectivity index (χ0) is 13.0. The van der Waals surface area contributed by atoms with E-state index in [0.717, 1.165) is 16.6 Å². The van der Waals surface area contributed by atoms with E-state index in [9.17, 15) is 4.79 Å². The summed E-state index contributed by atoms with van der Waals surface area (Å²) < 4.78 is 0. The van der Waals surface area contributed by atoms with Crippen LogP contribution in [0, 0.1) is 0 Å². The summed E-state index contributed by atoms with van der Waals surface area (Å²) in [5, 5.41) is 14.8. The minimum Gasteiger partial charge on any atom is -0.465 e. The van der Waals surface area contributed by atoms with Gasteiger partial charge < -0.3 is 21.5 Å². The molecule has 0 radical (unpaired) electrons. The second-order valence-corrected chi connectivity index (χ2v) is 3.76. The number of amides is 1. The molecule has 0 aliphatic heterocycles. The average molecular weight is 246 g/mol. The molecular weight excluding hydrogens is 232 g/mol. The maximum absolute atomic E-state index is 10.3. The fourth-order valence-electron chi connectivity index (χ4n) is 1.71. The number of aromatic nitrogens is 1. The molecule has 1 aromatic carbocycles. The van der Waals surface area contributed by atoms with Gasteiger partial charge in [-0.2, -0.15) is 0 Å². The van der Waals surface area contributed by atoms with Gasteiger partial charge in [-0.05, 0) is 6.07 Å². The van der Waals surface area contributed by atoms with E-state index in [4.69, 9.17) is 10.8 Å². The van der Waals surface area contributed by atoms with Crippen LogP contribution in [-0.4, -0.2) is 29.3 Å². The fraction of sp³-hybridized carbons (Fsp3) is 0.167. The summed E-state index contributed by atoms with van der Waals surface area (Å²) in [4.78, 5) is 14.5. The number of carboxylic acid groups (broad SMARTS) is 1. The van der Waals surface area contributed by atoms with Crippen LogP contribution in [0.5, 0.6) is 0 Å². The number of anilines is 2. The van der Waals surface area contributed by atoms with Crippen LogP contribution in [0.4, 0.5) is 16.2 Å². The second-order valence-electron chi connectivity index (χ2n) is 3.76. The van der Waals surface area contributed by atoms with Gasteiger partial charge in [0.05, 0.1) is 23.1 Å². The van der Waals surface area contributed by atoms with Gasteiger partial charge in [-0.1, -0.05) is 18.2 Å².